The first-order chi connectivity index (χ1) is 10.8. The van der Waals surface area contributed by atoms with Crippen molar-refractivity contribution in [1.29, 1.82) is 0 Å². The molecule has 0 fully saturated rings. The van der Waals surface area contributed by atoms with E-state index in [1.54, 1.807) is 0 Å². The van der Waals surface area contributed by atoms with E-state index in [2.05, 4.69) is 77.1 Å². The average molecular weight is 305 g/mol. The first-order valence-corrected chi connectivity index (χ1v) is 7.99. The number of fused-ring (bicyclic) bond motifs is 1. The van der Waals surface area contributed by atoms with Crippen molar-refractivity contribution in [2.24, 2.45) is 4.99 Å². The van der Waals surface area contributed by atoms with E-state index in [0.717, 1.165) is 27.7 Å². The lowest BCUT2D eigenvalue weighted by Crippen LogP contribution is -2.17. The summed E-state index contributed by atoms with van der Waals surface area (Å²) in [5.74, 6) is 0.851. The third-order valence-electron chi connectivity index (χ3n) is 3.69. The second-order valence-electron chi connectivity index (χ2n) is 7.14. The Labute approximate surface area is 137 Å². The minimum absolute atomic E-state index is 0.136. The highest BCUT2D eigenvalue weighted by atomic mass is 16.3. The lowest BCUT2D eigenvalue weighted by atomic mass is 10.1. The molecule has 0 unspecified atom stereocenters. The van der Waals surface area contributed by atoms with Gasteiger partial charge in [-0.1, -0.05) is 41.5 Å². The molecule has 0 saturated heterocycles. The fraction of sp³-hybridized carbons (Fsp3) is 0.286. The molecule has 0 radical (unpaired) electrons. The van der Waals surface area contributed by atoms with Gasteiger partial charge in [-0.2, -0.15) is 0 Å². The van der Waals surface area contributed by atoms with Crippen LogP contribution in [0.25, 0.3) is 22.3 Å². The van der Waals surface area contributed by atoms with Gasteiger partial charge in [0.1, 0.15) is 11.3 Å². The summed E-state index contributed by atoms with van der Waals surface area (Å²) in [5, 5.41) is 2.05. The monoisotopic (exact) mass is 305 g/mol. The maximum atomic E-state index is 6.14. The van der Waals surface area contributed by atoms with Crippen LogP contribution in [-0.2, 0) is 0 Å². The summed E-state index contributed by atoms with van der Waals surface area (Å²) in [7, 11) is 0. The van der Waals surface area contributed by atoms with Crippen LogP contribution >= 0.6 is 0 Å². The van der Waals surface area contributed by atoms with Crippen LogP contribution in [0.4, 0.5) is 0 Å². The van der Waals surface area contributed by atoms with Crippen LogP contribution in [0.5, 0.6) is 0 Å². The maximum Gasteiger partial charge on any atom is 0.136 e. The predicted octanol–water partition coefficient (Wildman–Crippen LogP) is 5.42. The quantitative estimate of drug-likeness (QED) is 0.589. The van der Waals surface area contributed by atoms with Crippen LogP contribution in [0.2, 0.25) is 0 Å². The minimum atomic E-state index is -0.136. The Balaban J connectivity index is 2.32. The molecule has 0 aliphatic rings. The molecule has 0 aliphatic carbocycles. The van der Waals surface area contributed by atoms with E-state index in [0.29, 0.717) is 0 Å². The van der Waals surface area contributed by atoms with Crippen LogP contribution in [-0.4, -0.2) is 5.54 Å². The Morgan fingerprint density at radius 1 is 0.826 bits per heavy atom. The summed E-state index contributed by atoms with van der Waals surface area (Å²) >= 11 is 0. The van der Waals surface area contributed by atoms with E-state index in [-0.39, 0.29) is 5.54 Å². The van der Waals surface area contributed by atoms with Gasteiger partial charge in [-0.25, -0.2) is 0 Å². The SMILES string of the molecule is Cc1ccc(-c2cc(=NC(C)(C)C)c3cc(C)ccc3o2)cc1. The van der Waals surface area contributed by atoms with Crippen molar-refractivity contribution in [2.75, 3.05) is 0 Å². The first kappa shape index (κ1) is 15.5. The van der Waals surface area contributed by atoms with E-state index in [1.807, 2.05) is 6.07 Å². The third-order valence-corrected chi connectivity index (χ3v) is 3.69. The zero-order valence-electron chi connectivity index (χ0n) is 14.5. The number of hydrogen-bond donors (Lipinski definition) is 0. The number of nitrogens with zero attached hydrogens (tertiary/aromatic N) is 1. The zero-order valence-corrected chi connectivity index (χ0v) is 14.5. The normalized spacial score (nSPS) is 12.8. The second kappa shape index (κ2) is 5.69. The van der Waals surface area contributed by atoms with Gasteiger partial charge in [0.25, 0.3) is 0 Å². The Bertz CT molecular complexity index is 909. The second-order valence-corrected chi connectivity index (χ2v) is 7.14. The van der Waals surface area contributed by atoms with Crippen molar-refractivity contribution < 1.29 is 4.42 Å². The summed E-state index contributed by atoms with van der Waals surface area (Å²) in [6.07, 6.45) is 0. The van der Waals surface area contributed by atoms with Crippen LogP contribution in [0.15, 0.2) is 57.9 Å². The van der Waals surface area contributed by atoms with Crippen LogP contribution in [0.1, 0.15) is 31.9 Å². The molecular weight excluding hydrogens is 282 g/mol. The Morgan fingerprint density at radius 2 is 1.48 bits per heavy atom. The summed E-state index contributed by atoms with van der Waals surface area (Å²) in [4.78, 5) is 4.90. The molecule has 2 aromatic carbocycles. The van der Waals surface area contributed by atoms with Gasteiger partial charge in [0, 0.05) is 17.0 Å². The van der Waals surface area contributed by atoms with Crippen molar-refractivity contribution in [1.82, 2.24) is 0 Å². The van der Waals surface area contributed by atoms with Gasteiger partial charge in [-0.3, -0.25) is 4.99 Å². The van der Waals surface area contributed by atoms with E-state index in [4.69, 9.17) is 9.41 Å². The fourth-order valence-electron chi connectivity index (χ4n) is 2.60. The molecule has 0 atom stereocenters. The van der Waals surface area contributed by atoms with Gasteiger partial charge in [0.2, 0.25) is 0 Å². The largest absolute Gasteiger partial charge is 0.456 e. The summed E-state index contributed by atoms with van der Waals surface area (Å²) in [5.41, 5.74) is 4.26. The van der Waals surface area contributed by atoms with Gasteiger partial charge >= 0.3 is 0 Å². The summed E-state index contributed by atoms with van der Waals surface area (Å²) in [6, 6.07) is 16.7. The molecule has 23 heavy (non-hydrogen) atoms. The fourth-order valence-corrected chi connectivity index (χ4v) is 2.60. The summed E-state index contributed by atoms with van der Waals surface area (Å²) < 4.78 is 6.14. The van der Waals surface area contributed by atoms with Crippen LogP contribution in [0.3, 0.4) is 0 Å². The summed E-state index contributed by atoms with van der Waals surface area (Å²) in [6.45, 7) is 10.5. The molecule has 0 spiro atoms. The molecular formula is C21H23NO. The molecule has 0 aliphatic heterocycles. The minimum Gasteiger partial charge on any atom is -0.456 e. The molecule has 0 N–H and O–H groups in total. The molecule has 2 heteroatoms. The highest BCUT2D eigenvalue weighted by molar-refractivity contribution is 5.79. The molecule has 0 saturated carbocycles. The number of hydrogen-bond acceptors (Lipinski definition) is 2. The molecule has 3 aromatic rings. The standard InChI is InChI=1S/C21H23NO/c1-14-6-9-16(10-7-14)20-13-18(22-21(3,4)5)17-12-15(2)8-11-19(17)23-20/h6-13H,1-5H3. The van der Waals surface area contributed by atoms with Gasteiger partial charge in [0.05, 0.1) is 10.9 Å². The Morgan fingerprint density at radius 3 is 2.13 bits per heavy atom. The van der Waals surface area contributed by atoms with Crippen molar-refractivity contribution >= 4 is 11.0 Å². The molecule has 118 valence electrons. The van der Waals surface area contributed by atoms with E-state index < -0.39 is 0 Å². The third kappa shape index (κ3) is 3.53. The van der Waals surface area contributed by atoms with Crippen molar-refractivity contribution in [3.05, 3.63) is 65.0 Å². The highest BCUT2D eigenvalue weighted by Crippen LogP contribution is 2.23. The molecule has 1 aromatic heterocycles. The van der Waals surface area contributed by atoms with Crippen LogP contribution in [0, 0.1) is 13.8 Å². The Kier molecular flexibility index (Phi) is 3.85. The maximum absolute atomic E-state index is 6.14. The molecule has 0 amide bonds. The average Bonchev–Trinajstić information content (AvgIpc) is 2.47. The van der Waals surface area contributed by atoms with Crippen molar-refractivity contribution in [3.63, 3.8) is 0 Å². The lowest BCUT2D eigenvalue weighted by molar-refractivity contribution is 0.564. The van der Waals surface area contributed by atoms with Crippen LogP contribution < -0.4 is 5.36 Å². The molecule has 0 bridgehead atoms. The molecule has 3 rings (SSSR count). The van der Waals surface area contributed by atoms with Gasteiger partial charge < -0.3 is 4.42 Å². The van der Waals surface area contributed by atoms with Crippen molar-refractivity contribution in [2.45, 2.75) is 40.2 Å². The van der Waals surface area contributed by atoms with Gasteiger partial charge in [0.15, 0.2) is 0 Å². The first-order valence-electron chi connectivity index (χ1n) is 7.99. The van der Waals surface area contributed by atoms with E-state index in [1.165, 1.54) is 11.1 Å². The van der Waals surface area contributed by atoms with E-state index >= 15 is 0 Å². The van der Waals surface area contributed by atoms with Crippen molar-refractivity contribution in [3.8, 4) is 11.3 Å². The van der Waals surface area contributed by atoms with E-state index in [9.17, 15) is 0 Å². The molecule has 2 nitrogen and oxygen atoms in total. The smallest absolute Gasteiger partial charge is 0.136 e. The highest BCUT2D eigenvalue weighted by Gasteiger charge is 2.10. The lowest BCUT2D eigenvalue weighted by Gasteiger charge is -2.13. The van der Waals surface area contributed by atoms with Gasteiger partial charge in [-0.05, 0) is 46.8 Å². The zero-order chi connectivity index (χ0) is 16.6. The Hall–Kier alpha value is -2.35. The number of rotatable bonds is 1. The number of aryl methyl sites for hydroxylation is 2. The topological polar surface area (TPSA) is 25.5 Å². The molecule has 1 heterocycles. The predicted molar refractivity (Wildman–Crippen MR) is 96.4 cm³/mol. The van der Waals surface area contributed by atoms with Gasteiger partial charge in [-0.15, -0.1) is 0 Å². The number of benzene rings is 2.